The molecule has 0 atom stereocenters. The number of alkyl halides is 3. The van der Waals surface area contributed by atoms with Crippen molar-refractivity contribution < 1.29 is 42.4 Å². The van der Waals surface area contributed by atoms with Gasteiger partial charge in [-0.1, -0.05) is 4.68 Å². The number of carbonyl (C=O) groups is 3. The number of carboxylic acids is 2. The summed E-state index contributed by atoms with van der Waals surface area (Å²) in [5.74, 6) is -3.96. The number of carboxylic acid groups (broad SMARTS) is 2. The molecule has 0 unspecified atom stereocenters. The Hall–Kier alpha value is -3.23. The minimum absolute atomic E-state index is 0.00669. The monoisotopic (exact) mass is 363 g/mol. The molecule has 136 valence electrons. The lowest BCUT2D eigenvalue weighted by molar-refractivity contribution is -0.753. The second kappa shape index (κ2) is 9.81. The Labute approximate surface area is 139 Å². The number of aliphatic carboxylic acids is 2. The quantitative estimate of drug-likeness (QED) is 0.558. The summed E-state index contributed by atoms with van der Waals surface area (Å²) in [6.45, 7) is 0.255. The molecular weight excluding hydrogens is 349 g/mol. The van der Waals surface area contributed by atoms with Gasteiger partial charge in [0.05, 0.1) is 11.6 Å². The van der Waals surface area contributed by atoms with E-state index in [-0.39, 0.29) is 25.4 Å². The number of aryl methyl sites for hydroxylation is 1. The SMILES string of the molecule is CN(CC#N)C(=O)c1cc[n+](CCC(=O)O)nc1.O=C(O)C(F)(F)F. The van der Waals surface area contributed by atoms with Gasteiger partial charge in [-0.15, -0.1) is 0 Å². The molecule has 25 heavy (non-hydrogen) atoms. The minimum atomic E-state index is -5.08. The highest BCUT2D eigenvalue weighted by Crippen LogP contribution is 2.13. The van der Waals surface area contributed by atoms with E-state index in [9.17, 15) is 22.8 Å². The number of hydrogen-bond acceptors (Lipinski definition) is 5. The van der Waals surface area contributed by atoms with Gasteiger partial charge in [-0.3, -0.25) is 9.59 Å². The maximum atomic E-state index is 11.7. The Morgan fingerprint density at radius 1 is 1.36 bits per heavy atom. The van der Waals surface area contributed by atoms with Crippen LogP contribution in [0.3, 0.4) is 0 Å². The standard InChI is InChI=1S/C11H12N4O3.C2HF3O2/c1-14(7-4-12)11(18)9-2-5-15(13-8-9)6-3-10(16)17;3-2(4,5)1(6)7/h2,5,8H,3,6-7H2,1H3;(H,6,7)/p+1. The van der Waals surface area contributed by atoms with Crippen LogP contribution >= 0.6 is 0 Å². The van der Waals surface area contributed by atoms with E-state index in [2.05, 4.69) is 5.10 Å². The molecular formula is C13H14F3N4O5+. The van der Waals surface area contributed by atoms with Crippen LogP contribution in [-0.2, 0) is 16.1 Å². The summed E-state index contributed by atoms with van der Waals surface area (Å²) in [7, 11) is 1.52. The van der Waals surface area contributed by atoms with Gasteiger partial charge in [0.1, 0.15) is 19.2 Å². The van der Waals surface area contributed by atoms with Crippen LogP contribution in [0.25, 0.3) is 0 Å². The third-order valence-electron chi connectivity index (χ3n) is 2.47. The van der Waals surface area contributed by atoms with Gasteiger partial charge in [-0.05, 0) is 5.10 Å². The third kappa shape index (κ3) is 8.84. The van der Waals surface area contributed by atoms with Crippen LogP contribution in [0.5, 0.6) is 0 Å². The van der Waals surface area contributed by atoms with E-state index in [0.717, 1.165) is 0 Å². The van der Waals surface area contributed by atoms with Crippen molar-refractivity contribution in [3.8, 4) is 6.07 Å². The van der Waals surface area contributed by atoms with Crippen LogP contribution < -0.4 is 4.68 Å². The van der Waals surface area contributed by atoms with Crippen molar-refractivity contribution in [3.05, 3.63) is 24.0 Å². The van der Waals surface area contributed by atoms with Crippen LogP contribution in [0.1, 0.15) is 16.8 Å². The fraction of sp³-hybridized carbons (Fsp3) is 0.385. The molecule has 1 rings (SSSR count). The average molecular weight is 363 g/mol. The molecule has 0 aromatic carbocycles. The molecule has 0 aliphatic rings. The van der Waals surface area contributed by atoms with Gasteiger partial charge in [0, 0.05) is 13.1 Å². The molecule has 0 bridgehead atoms. The van der Waals surface area contributed by atoms with Gasteiger partial charge in [0.15, 0.2) is 12.7 Å². The first kappa shape index (κ1) is 21.8. The Kier molecular flexibility index (Phi) is 8.54. The zero-order valence-corrected chi connectivity index (χ0v) is 12.9. The predicted molar refractivity (Wildman–Crippen MR) is 72.9 cm³/mol. The molecule has 0 spiro atoms. The van der Waals surface area contributed by atoms with Gasteiger partial charge in [0.2, 0.25) is 0 Å². The van der Waals surface area contributed by atoms with Crippen molar-refractivity contribution >= 4 is 17.8 Å². The number of nitriles is 1. The fourth-order valence-electron chi connectivity index (χ4n) is 1.25. The van der Waals surface area contributed by atoms with Crippen molar-refractivity contribution in [1.82, 2.24) is 10.00 Å². The molecule has 1 aromatic heterocycles. The van der Waals surface area contributed by atoms with Crippen molar-refractivity contribution in [2.75, 3.05) is 13.6 Å². The maximum Gasteiger partial charge on any atom is 0.490 e. The molecule has 0 radical (unpaired) electrons. The Balaban J connectivity index is 0.000000697. The lowest BCUT2D eigenvalue weighted by Crippen LogP contribution is -2.39. The third-order valence-corrected chi connectivity index (χ3v) is 2.47. The van der Waals surface area contributed by atoms with Gasteiger partial charge < -0.3 is 15.1 Å². The van der Waals surface area contributed by atoms with Gasteiger partial charge in [0.25, 0.3) is 5.91 Å². The topological polar surface area (TPSA) is 135 Å². The summed E-state index contributed by atoms with van der Waals surface area (Å²) in [5, 5.41) is 28.1. The van der Waals surface area contributed by atoms with Crippen LogP contribution in [0.15, 0.2) is 18.5 Å². The minimum Gasteiger partial charge on any atom is -0.481 e. The van der Waals surface area contributed by atoms with E-state index in [1.807, 2.05) is 6.07 Å². The van der Waals surface area contributed by atoms with Crippen molar-refractivity contribution in [3.63, 3.8) is 0 Å². The largest absolute Gasteiger partial charge is 0.490 e. The number of hydrogen-bond donors (Lipinski definition) is 2. The molecule has 1 aromatic rings. The molecule has 12 heteroatoms. The fourth-order valence-corrected chi connectivity index (χ4v) is 1.25. The lowest BCUT2D eigenvalue weighted by atomic mass is 10.3. The summed E-state index contributed by atoms with van der Waals surface area (Å²) in [5.41, 5.74) is 0.360. The molecule has 0 fully saturated rings. The highest BCUT2D eigenvalue weighted by molar-refractivity contribution is 5.93. The number of nitrogens with zero attached hydrogens (tertiary/aromatic N) is 4. The molecule has 0 aliphatic carbocycles. The Morgan fingerprint density at radius 2 is 1.92 bits per heavy atom. The molecule has 0 saturated carbocycles. The molecule has 0 saturated heterocycles. The van der Waals surface area contributed by atoms with E-state index >= 15 is 0 Å². The molecule has 1 amide bonds. The summed E-state index contributed by atoms with van der Waals surface area (Å²) < 4.78 is 33.2. The van der Waals surface area contributed by atoms with Crippen LogP contribution in [0.4, 0.5) is 13.2 Å². The Morgan fingerprint density at radius 3 is 2.28 bits per heavy atom. The first-order chi connectivity index (χ1) is 11.5. The number of amides is 1. The van der Waals surface area contributed by atoms with Crippen LogP contribution in [0, 0.1) is 11.3 Å². The summed E-state index contributed by atoms with van der Waals surface area (Å²) >= 11 is 0. The number of aromatic nitrogens is 2. The average Bonchev–Trinajstić information content (AvgIpc) is 2.52. The van der Waals surface area contributed by atoms with Crippen LogP contribution in [-0.4, -0.2) is 57.8 Å². The van der Waals surface area contributed by atoms with Gasteiger partial charge >= 0.3 is 18.1 Å². The lowest BCUT2D eigenvalue weighted by Gasteiger charge is -2.11. The second-order valence-corrected chi connectivity index (χ2v) is 4.44. The highest BCUT2D eigenvalue weighted by Gasteiger charge is 2.38. The van der Waals surface area contributed by atoms with Gasteiger partial charge in [-0.2, -0.15) is 18.4 Å². The first-order valence-corrected chi connectivity index (χ1v) is 6.49. The maximum absolute atomic E-state index is 11.7. The normalized spacial score (nSPS) is 10.0. The van der Waals surface area contributed by atoms with Gasteiger partial charge in [-0.25, -0.2) is 4.79 Å². The molecule has 0 aliphatic heterocycles. The summed E-state index contributed by atoms with van der Waals surface area (Å²) in [6, 6.07) is 3.42. The zero-order chi connectivity index (χ0) is 19.6. The van der Waals surface area contributed by atoms with E-state index < -0.39 is 18.1 Å². The predicted octanol–water partition coefficient (Wildman–Crippen LogP) is 0.0727. The molecule has 9 nitrogen and oxygen atoms in total. The van der Waals surface area contributed by atoms with E-state index in [1.54, 1.807) is 6.07 Å². The molecule has 2 N–H and O–H groups in total. The highest BCUT2D eigenvalue weighted by atomic mass is 19.4. The summed E-state index contributed by atoms with van der Waals surface area (Å²) in [4.78, 5) is 32.3. The Bertz CT molecular complexity index is 655. The van der Waals surface area contributed by atoms with E-state index in [4.69, 9.17) is 20.3 Å². The number of carbonyl (C=O) groups excluding carboxylic acids is 1. The van der Waals surface area contributed by atoms with Crippen LogP contribution in [0.2, 0.25) is 0 Å². The number of halogens is 3. The summed E-state index contributed by atoms with van der Waals surface area (Å²) in [6.07, 6.45) is -2.21. The van der Waals surface area contributed by atoms with Crippen molar-refractivity contribution in [1.29, 1.82) is 5.26 Å². The molecule has 1 heterocycles. The first-order valence-electron chi connectivity index (χ1n) is 6.49. The second-order valence-electron chi connectivity index (χ2n) is 4.44. The van der Waals surface area contributed by atoms with E-state index in [1.165, 1.54) is 29.0 Å². The van der Waals surface area contributed by atoms with E-state index in [0.29, 0.717) is 5.56 Å². The van der Waals surface area contributed by atoms with Crippen molar-refractivity contribution in [2.45, 2.75) is 19.1 Å². The van der Waals surface area contributed by atoms with Crippen molar-refractivity contribution in [2.24, 2.45) is 0 Å². The smallest absolute Gasteiger partial charge is 0.481 e. The number of rotatable bonds is 5. The zero-order valence-electron chi connectivity index (χ0n) is 12.9.